The highest BCUT2D eigenvalue weighted by Crippen LogP contribution is 2.31. The Hall–Kier alpha value is -2.68. The largest absolute Gasteiger partial charge is 0.341 e. The van der Waals surface area contributed by atoms with Crippen LogP contribution in [0.3, 0.4) is 0 Å². The molecule has 6 nitrogen and oxygen atoms in total. The van der Waals surface area contributed by atoms with Gasteiger partial charge in [0, 0.05) is 39.4 Å². The number of aryl methyl sites for hydroxylation is 1. The number of anilines is 1. The standard InChI is InChI=1S/C19H17N3O3S2/c1-2-22-16-6-4-3-5-14(16)15-10-13(7-8-17(15)22)21-19(23)12-9-18(26-11-12)27(20,24)25/h3-11H,2H2,1H3,(H,21,23)(H2,20,24,25). The molecule has 1 amide bonds. The van der Waals surface area contributed by atoms with E-state index in [1.807, 2.05) is 30.3 Å². The minimum Gasteiger partial charge on any atom is -0.341 e. The van der Waals surface area contributed by atoms with Gasteiger partial charge in [0.2, 0.25) is 10.0 Å². The van der Waals surface area contributed by atoms with E-state index in [0.717, 1.165) is 39.7 Å². The normalized spacial score (nSPS) is 11.9. The second-order valence-electron chi connectivity index (χ2n) is 6.15. The van der Waals surface area contributed by atoms with Crippen LogP contribution in [0.2, 0.25) is 0 Å². The second-order valence-corrected chi connectivity index (χ2v) is 8.85. The maximum Gasteiger partial charge on any atom is 0.256 e. The molecule has 4 rings (SSSR count). The molecular weight excluding hydrogens is 382 g/mol. The van der Waals surface area contributed by atoms with Gasteiger partial charge in [0.05, 0.1) is 5.56 Å². The summed E-state index contributed by atoms with van der Waals surface area (Å²) in [4.78, 5) is 12.5. The summed E-state index contributed by atoms with van der Waals surface area (Å²) in [7, 11) is -3.81. The van der Waals surface area contributed by atoms with Crippen molar-refractivity contribution < 1.29 is 13.2 Å². The molecule has 4 aromatic rings. The lowest BCUT2D eigenvalue weighted by Crippen LogP contribution is -2.12. The van der Waals surface area contributed by atoms with E-state index in [1.165, 1.54) is 11.4 Å². The molecule has 0 spiro atoms. The number of carbonyl (C=O) groups is 1. The molecule has 2 heterocycles. The van der Waals surface area contributed by atoms with Crippen molar-refractivity contribution in [2.24, 2.45) is 5.14 Å². The molecular formula is C19H17N3O3S2. The molecule has 27 heavy (non-hydrogen) atoms. The van der Waals surface area contributed by atoms with Gasteiger partial charge in [-0.1, -0.05) is 18.2 Å². The molecule has 2 aromatic carbocycles. The van der Waals surface area contributed by atoms with E-state index in [2.05, 4.69) is 28.9 Å². The molecule has 0 saturated heterocycles. The molecule has 2 aromatic heterocycles. The average molecular weight is 399 g/mol. The Morgan fingerprint density at radius 3 is 2.56 bits per heavy atom. The van der Waals surface area contributed by atoms with Gasteiger partial charge < -0.3 is 9.88 Å². The van der Waals surface area contributed by atoms with Crippen molar-refractivity contribution in [1.29, 1.82) is 0 Å². The maximum absolute atomic E-state index is 12.5. The first-order valence-electron chi connectivity index (χ1n) is 8.32. The number of rotatable bonds is 4. The number of hydrogen-bond donors (Lipinski definition) is 2. The van der Waals surface area contributed by atoms with Crippen LogP contribution in [-0.4, -0.2) is 18.9 Å². The smallest absolute Gasteiger partial charge is 0.256 e. The fourth-order valence-electron chi connectivity index (χ4n) is 3.26. The Labute approximate surface area is 160 Å². The first kappa shape index (κ1) is 17.7. The summed E-state index contributed by atoms with van der Waals surface area (Å²) < 4.78 is 25.0. The quantitative estimate of drug-likeness (QED) is 0.547. The monoisotopic (exact) mass is 399 g/mol. The van der Waals surface area contributed by atoms with E-state index in [4.69, 9.17) is 5.14 Å². The number of nitrogens with two attached hydrogens (primary N) is 1. The van der Waals surface area contributed by atoms with E-state index in [0.29, 0.717) is 5.69 Å². The van der Waals surface area contributed by atoms with Gasteiger partial charge in [-0.15, -0.1) is 11.3 Å². The number of nitrogens with one attached hydrogen (secondary N) is 1. The van der Waals surface area contributed by atoms with Crippen LogP contribution in [0.4, 0.5) is 5.69 Å². The van der Waals surface area contributed by atoms with Crippen molar-refractivity contribution >= 4 is 54.8 Å². The van der Waals surface area contributed by atoms with Crippen molar-refractivity contribution in [2.75, 3.05) is 5.32 Å². The van der Waals surface area contributed by atoms with E-state index >= 15 is 0 Å². The van der Waals surface area contributed by atoms with E-state index in [-0.39, 0.29) is 15.7 Å². The van der Waals surface area contributed by atoms with Gasteiger partial charge in [-0.2, -0.15) is 0 Å². The van der Waals surface area contributed by atoms with Gasteiger partial charge >= 0.3 is 0 Å². The molecule has 0 bridgehead atoms. The highest BCUT2D eigenvalue weighted by molar-refractivity contribution is 7.91. The summed E-state index contributed by atoms with van der Waals surface area (Å²) in [5.74, 6) is -0.375. The van der Waals surface area contributed by atoms with Gasteiger partial charge in [-0.3, -0.25) is 4.79 Å². The lowest BCUT2D eigenvalue weighted by molar-refractivity contribution is 0.102. The molecule has 0 saturated carbocycles. The first-order valence-corrected chi connectivity index (χ1v) is 10.7. The van der Waals surface area contributed by atoms with Gasteiger partial charge in [0.15, 0.2) is 0 Å². The van der Waals surface area contributed by atoms with Crippen molar-refractivity contribution in [3.05, 3.63) is 59.5 Å². The molecule has 0 aliphatic heterocycles. The fraction of sp³-hybridized carbons (Fsp3) is 0.105. The van der Waals surface area contributed by atoms with Gasteiger partial charge in [-0.25, -0.2) is 13.6 Å². The Morgan fingerprint density at radius 1 is 1.11 bits per heavy atom. The summed E-state index contributed by atoms with van der Waals surface area (Å²) in [6.45, 7) is 2.95. The van der Waals surface area contributed by atoms with Crippen molar-refractivity contribution in [3.8, 4) is 0 Å². The number of carbonyl (C=O) groups excluding carboxylic acids is 1. The number of para-hydroxylation sites is 1. The molecule has 0 fully saturated rings. The molecule has 8 heteroatoms. The lowest BCUT2D eigenvalue weighted by atomic mass is 10.1. The van der Waals surface area contributed by atoms with Crippen molar-refractivity contribution in [1.82, 2.24) is 4.57 Å². The van der Waals surface area contributed by atoms with Crippen LogP contribution in [0, 0.1) is 0 Å². The molecule has 0 aliphatic rings. The SMILES string of the molecule is CCn1c2ccccc2c2cc(NC(=O)c3csc(S(N)(=O)=O)c3)ccc21. The second kappa shape index (κ2) is 6.49. The summed E-state index contributed by atoms with van der Waals surface area (Å²) in [5, 5.41) is 11.6. The van der Waals surface area contributed by atoms with Crippen LogP contribution in [0.15, 0.2) is 58.1 Å². The van der Waals surface area contributed by atoms with Crippen LogP contribution in [0.5, 0.6) is 0 Å². The molecule has 0 atom stereocenters. The van der Waals surface area contributed by atoms with Crippen LogP contribution in [0.1, 0.15) is 17.3 Å². The third-order valence-corrected chi connectivity index (χ3v) is 6.85. The summed E-state index contributed by atoms with van der Waals surface area (Å²) in [5.41, 5.74) is 3.16. The lowest BCUT2D eigenvalue weighted by Gasteiger charge is -2.06. The Kier molecular flexibility index (Phi) is 4.26. The van der Waals surface area contributed by atoms with Crippen LogP contribution in [-0.2, 0) is 16.6 Å². The molecule has 0 unspecified atom stereocenters. The van der Waals surface area contributed by atoms with Crippen LogP contribution in [0.25, 0.3) is 21.8 Å². The van der Waals surface area contributed by atoms with Crippen LogP contribution < -0.4 is 10.5 Å². The number of thiophene rings is 1. The molecule has 3 N–H and O–H groups in total. The van der Waals surface area contributed by atoms with E-state index < -0.39 is 10.0 Å². The maximum atomic E-state index is 12.5. The number of nitrogens with zero attached hydrogens (tertiary/aromatic N) is 1. The third-order valence-electron chi connectivity index (χ3n) is 4.46. The summed E-state index contributed by atoms with van der Waals surface area (Å²) in [6, 6.07) is 15.2. The van der Waals surface area contributed by atoms with E-state index in [9.17, 15) is 13.2 Å². The van der Waals surface area contributed by atoms with Crippen LogP contribution >= 0.6 is 11.3 Å². The Balaban J connectivity index is 1.71. The number of aromatic nitrogens is 1. The number of hydrogen-bond acceptors (Lipinski definition) is 4. The summed E-state index contributed by atoms with van der Waals surface area (Å²) >= 11 is 0.929. The predicted octanol–water partition coefficient (Wildman–Crippen LogP) is 3.78. The molecule has 138 valence electrons. The van der Waals surface area contributed by atoms with Gasteiger partial charge in [0.1, 0.15) is 4.21 Å². The van der Waals surface area contributed by atoms with E-state index in [1.54, 1.807) is 0 Å². The highest BCUT2D eigenvalue weighted by atomic mass is 32.2. The Bertz CT molecular complexity index is 1290. The number of sulfonamides is 1. The minimum absolute atomic E-state index is 0.0332. The average Bonchev–Trinajstić information content (AvgIpc) is 3.24. The predicted molar refractivity (Wildman–Crippen MR) is 109 cm³/mol. The highest BCUT2D eigenvalue weighted by Gasteiger charge is 2.16. The van der Waals surface area contributed by atoms with Crippen molar-refractivity contribution in [3.63, 3.8) is 0 Å². The zero-order chi connectivity index (χ0) is 19.2. The minimum atomic E-state index is -3.81. The zero-order valence-electron chi connectivity index (χ0n) is 14.5. The fourth-order valence-corrected chi connectivity index (χ4v) is 4.85. The number of benzene rings is 2. The summed E-state index contributed by atoms with van der Waals surface area (Å²) in [6.07, 6.45) is 0. The first-order chi connectivity index (χ1) is 12.9. The molecule has 0 aliphatic carbocycles. The van der Waals surface area contributed by atoms with Gasteiger partial charge in [-0.05, 0) is 37.3 Å². The number of amides is 1. The number of fused-ring (bicyclic) bond motifs is 3. The zero-order valence-corrected chi connectivity index (χ0v) is 16.1. The van der Waals surface area contributed by atoms with Crippen molar-refractivity contribution in [2.45, 2.75) is 17.7 Å². The molecule has 0 radical (unpaired) electrons. The number of primary sulfonamides is 1. The topological polar surface area (TPSA) is 94.2 Å². The third kappa shape index (κ3) is 3.12. The Morgan fingerprint density at radius 2 is 1.85 bits per heavy atom. The van der Waals surface area contributed by atoms with Gasteiger partial charge in [0.25, 0.3) is 5.91 Å².